The van der Waals surface area contributed by atoms with Gasteiger partial charge in [-0.25, -0.2) is 0 Å². The Kier molecular flexibility index (Phi) is 4.76. The third kappa shape index (κ3) is 3.25. The molecule has 0 bridgehead atoms. The molecule has 0 spiro atoms. The van der Waals surface area contributed by atoms with Gasteiger partial charge in [-0.15, -0.1) is 0 Å². The number of piperidine rings is 1. The van der Waals surface area contributed by atoms with Gasteiger partial charge in [-0.1, -0.05) is 0 Å². The second kappa shape index (κ2) is 6.34. The van der Waals surface area contributed by atoms with E-state index in [0.29, 0.717) is 19.0 Å². The van der Waals surface area contributed by atoms with Crippen molar-refractivity contribution in [2.24, 2.45) is 5.73 Å². The van der Waals surface area contributed by atoms with E-state index in [2.05, 4.69) is 4.90 Å². The normalized spacial score (nSPS) is 25.7. The molecule has 1 amide bonds. The summed E-state index contributed by atoms with van der Waals surface area (Å²) in [6.45, 7) is 2.73. The van der Waals surface area contributed by atoms with Crippen LogP contribution in [-0.2, 0) is 9.59 Å². The Balaban J connectivity index is 1.86. The first-order chi connectivity index (χ1) is 9.13. The number of rotatable bonds is 4. The smallest absolute Gasteiger partial charge is 0.320 e. The number of nitrogens with zero attached hydrogens (tertiary/aromatic N) is 2. The maximum atomic E-state index is 11.7. The van der Waals surface area contributed by atoms with E-state index in [0.717, 1.165) is 45.3 Å². The molecule has 1 atom stereocenters. The molecule has 2 saturated heterocycles. The van der Waals surface area contributed by atoms with Crippen molar-refractivity contribution < 1.29 is 14.7 Å². The Morgan fingerprint density at radius 1 is 1.16 bits per heavy atom. The lowest BCUT2D eigenvalue weighted by Gasteiger charge is -2.38. The second-order valence-electron chi connectivity index (χ2n) is 5.38. The van der Waals surface area contributed by atoms with Gasteiger partial charge in [0.2, 0.25) is 5.91 Å². The molecule has 0 aliphatic carbocycles. The first kappa shape index (κ1) is 14.3. The van der Waals surface area contributed by atoms with Crippen LogP contribution in [0.25, 0.3) is 0 Å². The first-order valence-corrected chi connectivity index (χ1v) is 7.10. The molecular formula is C13H23N3O3. The van der Waals surface area contributed by atoms with Crippen molar-refractivity contribution in [3.05, 3.63) is 0 Å². The van der Waals surface area contributed by atoms with Crippen LogP contribution in [0.4, 0.5) is 0 Å². The van der Waals surface area contributed by atoms with Crippen LogP contribution in [0.1, 0.15) is 32.1 Å². The Morgan fingerprint density at radius 3 is 2.42 bits per heavy atom. The van der Waals surface area contributed by atoms with Crippen LogP contribution in [0.5, 0.6) is 0 Å². The van der Waals surface area contributed by atoms with E-state index in [1.54, 1.807) is 0 Å². The number of likely N-dealkylation sites (tertiary alicyclic amines) is 2. The predicted octanol–water partition coefficient (Wildman–Crippen LogP) is -0.125. The van der Waals surface area contributed by atoms with Crippen LogP contribution in [0.2, 0.25) is 0 Å². The van der Waals surface area contributed by atoms with Gasteiger partial charge >= 0.3 is 5.97 Å². The van der Waals surface area contributed by atoms with Crippen LogP contribution >= 0.6 is 0 Å². The molecule has 2 fully saturated rings. The van der Waals surface area contributed by atoms with E-state index in [1.807, 2.05) is 4.90 Å². The summed E-state index contributed by atoms with van der Waals surface area (Å²) < 4.78 is 0. The molecule has 2 rings (SSSR count). The van der Waals surface area contributed by atoms with E-state index >= 15 is 0 Å². The lowest BCUT2D eigenvalue weighted by Crippen LogP contribution is -2.50. The van der Waals surface area contributed by atoms with E-state index in [1.165, 1.54) is 0 Å². The zero-order valence-corrected chi connectivity index (χ0v) is 11.3. The van der Waals surface area contributed by atoms with Gasteiger partial charge in [0.1, 0.15) is 6.04 Å². The monoisotopic (exact) mass is 269 g/mol. The molecule has 19 heavy (non-hydrogen) atoms. The van der Waals surface area contributed by atoms with Gasteiger partial charge in [0.15, 0.2) is 0 Å². The highest BCUT2D eigenvalue weighted by Crippen LogP contribution is 2.26. The second-order valence-corrected chi connectivity index (χ2v) is 5.38. The van der Waals surface area contributed by atoms with Gasteiger partial charge < -0.3 is 15.7 Å². The molecule has 0 aromatic rings. The predicted molar refractivity (Wildman–Crippen MR) is 70.6 cm³/mol. The van der Waals surface area contributed by atoms with Gasteiger partial charge in [0.25, 0.3) is 0 Å². The minimum atomic E-state index is -0.709. The minimum Gasteiger partial charge on any atom is -0.480 e. The number of carboxylic acid groups (broad SMARTS) is 1. The fraction of sp³-hybridized carbons (Fsp3) is 0.846. The fourth-order valence-electron chi connectivity index (χ4n) is 3.22. The quantitative estimate of drug-likeness (QED) is 0.742. The van der Waals surface area contributed by atoms with E-state index in [4.69, 9.17) is 5.73 Å². The van der Waals surface area contributed by atoms with Gasteiger partial charge in [0.05, 0.1) is 0 Å². The maximum absolute atomic E-state index is 11.7. The third-order valence-corrected chi connectivity index (χ3v) is 4.22. The number of carbonyl (C=O) groups is 2. The van der Waals surface area contributed by atoms with Crippen molar-refractivity contribution in [1.29, 1.82) is 0 Å². The highest BCUT2D eigenvalue weighted by molar-refractivity contribution is 5.76. The Bertz CT molecular complexity index is 340. The van der Waals surface area contributed by atoms with Gasteiger partial charge in [0, 0.05) is 32.1 Å². The zero-order valence-electron chi connectivity index (χ0n) is 11.3. The first-order valence-electron chi connectivity index (χ1n) is 7.10. The maximum Gasteiger partial charge on any atom is 0.320 e. The molecule has 2 aliphatic heterocycles. The number of carboxylic acids is 1. The SMILES string of the molecule is NCCC(=O)N1CCC(N2CCCC2C(=O)O)CC1. The number of carbonyl (C=O) groups excluding carboxylic acids is 1. The zero-order chi connectivity index (χ0) is 13.8. The van der Waals surface area contributed by atoms with Gasteiger partial charge in [-0.2, -0.15) is 0 Å². The Hall–Kier alpha value is -1.14. The van der Waals surface area contributed by atoms with Gasteiger partial charge in [-0.05, 0) is 32.2 Å². The molecule has 6 nitrogen and oxygen atoms in total. The minimum absolute atomic E-state index is 0.122. The molecule has 2 heterocycles. The van der Waals surface area contributed by atoms with Crippen molar-refractivity contribution in [2.75, 3.05) is 26.2 Å². The summed E-state index contributed by atoms with van der Waals surface area (Å²) in [5.74, 6) is -0.587. The third-order valence-electron chi connectivity index (χ3n) is 4.22. The topological polar surface area (TPSA) is 86.9 Å². The van der Waals surface area contributed by atoms with Crippen molar-refractivity contribution in [2.45, 2.75) is 44.2 Å². The average molecular weight is 269 g/mol. The molecular weight excluding hydrogens is 246 g/mol. The summed E-state index contributed by atoms with van der Waals surface area (Å²) in [5, 5.41) is 9.20. The van der Waals surface area contributed by atoms with Crippen molar-refractivity contribution in [3.8, 4) is 0 Å². The van der Waals surface area contributed by atoms with Crippen molar-refractivity contribution >= 4 is 11.9 Å². The van der Waals surface area contributed by atoms with Crippen molar-refractivity contribution in [1.82, 2.24) is 9.80 Å². The van der Waals surface area contributed by atoms with Gasteiger partial charge in [-0.3, -0.25) is 14.5 Å². The van der Waals surface area contributed by atoms with Crippen molar-refractivity contribution in [3.63, 3.8) is 0 Å². The van der Waals surface area contributed by atoms with E-state index in [-0.39, 0.29) is 11.9 Å². The summed E-state index contributed by atoms with van der Waals surface area (Å²) in [4.78, 5) is 26.9. The summed E-state index contributed by atoms with van der Waals surface area (Å²) >= 11 is 0. The summed E-state index contributed by atoms with van der Waals surface area (Å²) in [7, 11) is 0. The molecule has 0 saturated carbocycles. The highest BCUT2D eigenvalue weighted by Gasteiger charge is 2.36. The fourth-order valence-corrected chi connectivity index (χ4v) is 3.22. The number of hydrogen-bond donors (Lipinski definition) is 2. The van der Waals surface area contributed by atoms with E-state index in [9.17, 15) is 14.7 Å². The largest absolute Gasteiger partial charge is 0.480 e. The van der Waals surface area contributed by atoms with Crippen LogP contribution in [0, 0.1) is 0 Å². The number of nitrogens with two attached hydrogens (primary N) is 1. The molecule has 6 heteroatoms. The summed E-state index contributed by atoms with van der Waals surface area (Å²) in [6, 6.07) is -0.0122. The molecule has 2 aliphatic rings. The van der Waals surface area contributed by atoms with Crippen LogP contribution in [0.3, 0.4) is 0 Å². The summed E-state index contributed by atoms with van der Waals surface area (Å²) in [6.07, 6.45) is 3.87. The Labute approximate surface area is 113 Å². The standard InChI is InChI=1S/C13H23N3O3/c14-6-3-12(17)15-8-4-10(5-9-15)16-7-1-2-11(16)13(18)19/h10-11H,1-9,14H2,(H,18,19). The van der Waals surface area contributed by atoms with Crippen LogP contribution in [0.15, 0.2) is 0 Å². The average Bonchev–Trinajstić information content (AvgIpc) is 2.88. The Morgan fingerprint density at radius 2 is 1.84 bits per heavy atom. The lowest BCUT2D eigenvalue weighted by atomic mass is 10.0. The molecule has 0 aromatic carbocycles. The molecule has 0 radical (unpaired) electrons. The molecule has 1 unspecified atom stereocenters. The molecule has 0 aromatic heterocycles. The number of amides is 1. The lowest BCUT2D eigenvalue weighted by molar-refractivity contribution is -0.144. The van der Waals surface area contributed by atoms with E-state index < -0.39 is 5.97 Å². The molecule has 3 N–H and O–H groups in total. The van der Waals surface area contributed by atoms with Crippen LogP contribution in [-0.4, -0.2) is 65.0 Å². The molecule has 108 valence electrons. The van der Waals surface area contributed by atoms with Crippen LogP contribution < -0.4 is 5.73 Å². The number of aliphatic carboxylic acids is 1. The summed E-state index contributed by atoms with van der Waals surface area (Å²) in [5.41, 5.74) is 5.39. The highest BCUT2D eigenvalue weighted by atomic mass is 16.4. The number of hydrogen-bond acceptors (Lipinski definition) is 4.